The largest absolute Gasteiger partial charge is 0.507 e. The van der Waals surface area contributed by atoms with Crippen LogP contribution in [-0.4, -0.2) is 28.8 Å². The van der Waals surface area contributed by atoms with Gasteiger partial charge in [-0.15, -0.1) is 0 Å². The molecule has 5 nitrogen and oxygen atoms in total. The van der Waals surface area contributed by atoms with Crippen molar-refractivity contribution >= 4 is 23.2 Å². The Hall–Kier alpha value is -3.31. The second kappa shape index (κ2) is 8.20. The van der Waals surface area contributed by atoms with E-state index in [0.29, 0.717) is 34.0 Å². The number of hydrogen-bond acceptors (Lipinski definition) is 4. The van der Waals surface area contributed by atoms with E-state index in [0.717, 1.165) is 11.1 Å². The minimum absolute atomic E-state index is 0.0829. The minimum Gasteiger partial charge on any atom is -0.507 e. The topological polar surface area (TPSA) is 62.1 Å². The summed E-state index contributed by atoms with van der Waals surface area (Å²) in [5.74, 6) is 0.537. The molecule has 6 heteroatoms. The van der Waals surface area contributed by atoms with Crippen molar-refractivity contribution in [2.24, 2.45) is 5.10 Å². The third-order valence-corrected chi connectivity index (χ3v) is 5.42. The van der Waals surface area contributed by atoms with Gasteiger partial charge in [-0.3, -0.25) is 4.79 Å². The zero-order valence-electron chi connectivity index (χ0n) is 16.7. The molecular formula is C24H21ClN2O3. The molecule has 3 aromatic carbocycles. The van der Waals surface area contributed by atoms with Gasteiger partial charge in [-0.1, -0.05) is 41.4 Å². The van der Waals surface area contributed by atoms with Gasteiger partial charge in [0.2, 0.25) is 0 Å². The Bertz CT molecular complexity index is 1110. The number of aryl methyl sites for hydroxylation is 1. The molecule has 0 aromatic heterocycles. The number of carbonyl (C=O) groups excluding carboxylic acids is 1. The summed E-state index contributed by atoms with van der Waals surface area (Å²) in [4.78, 5) is 13.3. The van der Waals surface area contributed by atoms with Crippen molar-refractivity contribution in [3.63, 3.8) is 0 Å². The van der Waals surface area contributed by atoms with E-state index in [2.05, 4.69) is 5.10 Å². The number of carbonyl (C=O) groups is 1. The maximum absolute atomic E-state index is 13.3. The molecule has 0 bridgehead atoms. The molecule has 3 aromatic rings. The summed E-state index contributed by atoms with van der Waals surface area (Å²) in [6.45, 7) is 2.02. The fourth-order valence-corrected chi connectivity index (χ4v) is 3.69. The highest BCUT2D eigenvalue weighted by molar-refractivity contribution is 6.31. The number of rotatable bonds is 4. The number of benzene rings is 3. The van der Waals surface area contributed by atoms with Gasteiger partial charge in [0.1, 0.15) is 11.5 Å². The maximum atomic E-state index is 13.3. The van der Waals surface area contributed by atoms with Crippen molar-refractivity contribution in [1.82, 2.24) is 5.01 Å². The molecule has 0 spiro atoms. The summed E-state index contributed by atoms with van der Waals surface area (Å²) in [5.41, 5.74) is 3.77. The molecular weight excluding hydrogens is 400 g/mol. The fourth-order valence-electron chi connectivity index (χ4n) is 3.51. The monoisotopic (exact) mass is 420 g/mol. The molecule has 1 atom stereocenters. The van der Waals surface area contributed by atoms with Gasteiger partial charge < -0.3 is 9.84 Å². The normalized spacial score (nSPS) is 15.8. The van der Waals surface area contributed by atoms with Crippen LogP contribution >= 0.6 is 11.6 Å². The smallest absolute Gasteiger partial charge is 0.274 e. The van der Waals surface area contributed by atoms with Crippen molar-refractivity contribution < 1.29 is 14.6 Å². The van der Waals surface area contributed by atoms with E-state index in [-0.39, 0.29) is 17.7 Å². The van der Waals surface area contributed by atoms with Crippen LogP contribution in [0, 0.1) is 6.92 Å². The highest BCUT2D eigenvalue weighted by atomic mass is 35.5. The summed E-state index contributed by atoms with van der Waals surface area (Å²) >= 11 is 6.13. The molecule has 30 heavy (non-hydrogen) atoms. The summed E-state index contributed by atoms with van der Waals surface area (Å²) in [6, 6.07) is 19.5. The first-order valence-electron chi connectivity index (χ1n) is 9.57. The third-order valence-electron chi connectivity index (χ3n) is 5.19. The SMILES string of the molecule is COc1ccc(C(=O)N2N=C(c3cc(Cl)ccc3O)C[C@H]2c2ccc(C)cc2)cc1. The number of phenols is 1. The number of hydrazone groups is 1. The predicted octanol–water partition coefficient (Wildman–Crippen LogP) is 5.35. The third kappa shape index (κ3) is 3.89. The molecule has 0 saturated carbocycles. The standard InChI is InChI=1S/C24H21ClN2O3/c1-15-3-5-16(6-4-15)22-14-21(20-13-18(25)9-12-23(20)28)26-27(22)24(29)17-7-10-19(30-2)11-8-17/h3-13,22,28H,14H2,1-2H3/t22-/m0/s1. The van der Waals surface area contributed by atoms with Gasteiger partial charge in [0.25, 0.3) is 5.91 Å². The first-order chi connectivity index (χ1) is 14.5. The first-order valence-corrected chi connectivity index (χ1v) is 9.94. The average Bonchev–Trinajstić information content (AvgIpc) is 3.20. The number of ether oxygens (including phenoxy) is 1. The maximum Gasteiger partial charge on any atom is 0.274 e. The van der Waals surface area contributed by atoms with E-state index in [1.807, 2.05) is 31.2 Å². The Morgan fingerprint density at radius 3 is 2.47 bits per heavy atom. The van der Waals surface area contributed by atoms with Gasteiger partial charge in [-0.25, -0.2) is 5.01 Å². The Kier molecular flexibility index (Phi) is 5.46. The minimum atomic E-state index is -0.284. The zero-order chi connectivity index (χ0) is 21.3. The highest BCUT2D eigenvalue weighted by Gasteiger charge is 2.34. The van der Waals surface area contributed by atoms with E-state index in [9.17, 15) is 9.90 Å². The molecule has 1 aliphatic heterocycles. The van der Waals surface area contributed by atoms with Crippen LogP contribution in [0.4, 0.5) is 0 Å². The zero-order valence-corrected chi connectivity index (χ0v) is 17.4. The Balaban J connectivity index is 1.74. The number of aromatic hydroxyl groups is 1. The van der Waals surface area contributed by atoms with Crippen LogP contribution in [0.1, 0.15) is 39.5 Å². The summed E-state index contributed by atoms with van der Waals surface area (Å²) < 4.78 is 5.18. The van der Waals surface area contributed by atoms with Crippen LogP contribution in [-0.2, 0) is 0 Å². The van der Waals surface area contributed by atoms with Crippen molar-refractivity contribution in [2.75, 3.05) is 7.11 Å². The molecule has 152 valence electrons. The highest BCUT2D eigenvalue weighted by Crippen LogP contribution is 2.36. The van der Waals surface area contributed by atoms with Gasteiger partial charge in [-0.05, 0) is 55.0 Å². The van der Waals surface area contributed by atoms with Crippen LogP contribution in [0.15, 0.2) is 71.8 Å². The molecule has 0 fully saturated rings. The summed E-state index contributed by atoms with van der Waals surface area (Å²) in [5, 5.41) is 16.9. The number of phenolic OH excluding ortho intramolecular Hbond substituents is 1. The summed E-state index contributed by atoms with van der Waals surface area (Å²) in [6.07, 6.45) is 0.471. The van der Waals surface area contributed by atoms with Gasteiger partial charge in [0, 0.05) is 22.6 Å². The lowest BCUT2D eigenvalue weighted by molar-refractivity contribution is 0.0711. The number of halogens is 1. The van der Waals surface area contributed by atoms with Crippen molar-refractivity contribution in [2.45, 2.75) is 19.4 Å². The van der Waals surface area contributed by atoms with E-state index in [1.54, 1.807) is 43.5 Å². The van der Waals surface area contributed by atoms with Crippen LogP contribution in [0.5, 0.6) is 11.5 Å². The second-order valence-electron chi connectivity index (χ2n) is 7.22. The van der Waals surface area contributed by atoms with Crippen LogP contribution in [0.25, 0.3) is 0 Å². The summed E-state index contributed by atoms with van der Waals surface area (Å²) in [7, 11) is 1.58. The van der Waals surface area contributed by atoms with Crippen LogP contribution in [0.2, 0.25) is 5.02 Å². The van der Waals surface area contributed by atoms with Gasteiger partial charge >= 0.3 is 0 Å². The lowest BCUT2D eigenvalue weighted by atomic mass is 9.97. The Morgan fingerprint density at radius 1 is 1.10 bits per heavy atom. The lowest BCUT2D eigenvalue weighted by Crippen LogP contribution is -2.27. The average molecular weight is 421 g/mol. The van der Waals surface area contributed by atoms with E-state index < -0.39 is 0 Å². The first kappa shape index (κ1) is 20.0. The van der Waals surface area contributed by atoms with Crippen LogP contribution in [0.3, 0.4) is 0 Å². The number of methoxy groups -OCH3 is 1. The lowest BCUT2D eigenvalue weighted by Gasteiger charge is -2.22. The predicted molar refractivity (Wildman–Crippen MR) is 117 cm³/mol. The number of hydrogen-bond donors (Lipinski definition) is 1. The molecule has 1 amide bonds. The van der Waals surface area contributed by atoms with Gasteiger partial charge in [0.05, 0.1) is 18.9 Å². The number of nitrogens with zero attached hydrogens (tertiary/aromatic N) is 2. The molecule has 4 rings (SSSR count). The van der Waals surface area contributed by atoms with Gasteiger partial charge in [0.15, 0.2) is 0 Å². The molecule has 1 aliphatic rings. The quantitative estimate of drug-likeness (QED) is 0.618. The molecule has 0 radical (unpaired) electrons. The van der Waals surface area contributed by atoms with Crippen molar-refractivity contribution in [3.05, 3.63) is 94.0 Å². The van der Waals surface area contributed by atoms with Crippen molar-refractivity contribution in [1.29, 1.82) is 0 Å². The molecule has 1 N–H and O–H groups in total. The van der Waals surface area contributed by atoms with E-state index in [4.69, 9.17) is 16.3 Å². The second-order valence-corrected chi connectivity index (χ2v) is 7.65. The molecule has 0 saturated heterocycles. The van der Waals surface area contributed by atoms with Gasteiger partial charge in [-0.2, -0.15) is 5.10 Å². The van der Waals surface area contributed by atoms with E-state index in [1.165, 1.54) is 11.1 Å². The molecule has 0 aliphatic carbocycles. The molecule has 0 unspecified atom stereocenters. The molecule has 1 heterocycles. The number of amides is 1. The van der Waals surface area contributed by atoms with Crippen LogP contribution < -0.4 is 4.74 Å². The van der Waals surface area contributed by atoms with Crippen molar-refractivity contribution in [3.8, 4) is 11.5 Å². The van der Waals surface area contributed by atoms with E-state index >= 15 is 0 Å². The Labute approximate surface area is 180 Å². The Morgan fingerprint density at radius 2 is 1.80 bits per heavy atom. The fraction of sp³-hybridized carbons (Fsp3) is 0.167.